The topological polar surface area (TPSA) is 12.9 Å². The van der Waals surface area contributed by atoms with Crippen molar-refractivity contribution in [3.8, 4) is 0 Å². The van der Waals surface area contributed by atoms with Crippen molar-refractivity contribution in [2.24, 2.45) is 0 Å². The summed E-state index contributed by atoms with van der Waals surface area (Å²) in [4.78, 5) is 3.79. The van der Waals surface area contributed by atoms with E-state index in [1.54, 1.807) is 7.85 Å². The van der Waals surface area contributed by atoms with Crippen molar-refractivity contribution >= 4 is 13.4 Å². The van der Waals surface area contributed by atoms with Gasteiger partial charge in [0.05, 0.1) is 0 Å². The van der Waals surface area contributed by atoms with Crippen molar-refractivity contribution in [3.05, 3.63) is 23.1 Å². The second kappa shape index (κ2) is 3.25. The van der Waals surface area contributed by atoms with Gasteiger partial charge >= 0.3 is 0 Å². The average molecular weight is 165 g/mol. The monoisotopic (exact) mass is 165 g/mol. The van der Waals surface area contributed by atoms with Crippen LogP contribution in [0.15, 0.2) is 6.07 Å². The molecule has 0 amide bonds. The molecule has 1 aromatic rings. The third-order valence-corrected chi connectivity index (χ3v) is 1.92. The predicted molar refractivity (Wildman–Crippen MR) is 51.2 cm³/mol. The average Bonchev–Trinajstić information content (AvgIpc) is 1.82. The van der Waals surface area contributed by atoms with Crippen molar-refractivity contribution < 1.29 is 4.39 Å². The van der Waals surface area contributed by atoms with Crippen molar-refractivity contribution in [1.82, 2.24) is 4.98 Å². The number of halogens is 1. The Hall–Kier alpha value is -0.855. The van der Waals surface area contributed by atoms with E-state index < -0.39 is 0 Å². The summed E-state index contributed by atoms with van der Waals surface area (Å²) >= 11 is 0. The standard InChI is InChI=1S/C9H13BFN/c1-5(2)8-6(3)4-7(10)12-9(8)11/h4-5H,10H2,1-3H3. The minimum atomic E-state index is -0.317. The highest BCUT2D eigenvalue weighted by molar-refractivity contribution is 6.30. The lowest BCUT2D eigenvalue weighted by atomic mass is 9.95. The zero-order valence-electron chi connectivity index (χ0n) is 7.98. The molecule has 3 heteroatoms. The molecule has 0 aliphatic rings. The summed E-state index contributed by atoms with van der Waals surface area (Å²) in [5.74, 6) is -0.111. The van der Waals surface area contributed by atoms with E-state index in [0.717, 1.165) is 16.7 Å². The Morgan fingerprint density at radius 1 is 1.50 bits per heavy atom. The number of hydrogen-bond donors (Lipinski definition) is 0. The minimum Gasteiger partial charge on any atom is -0.236 e. The molecule has 0 atom stereocenters. The van der Waals surface area contributed by atoms with Gasteiger partial charge in [-0.05, 0) is 30.1 Å². The summed E-state index contributed by atoms with van der Waals surface area (Å²) in [5, 5.41) is 0. The third-order valence-electron chi connectivity index (χ3n) is 1.92. The molecule has 1 rings (SSSR count). The van der Waals surface area contributed by atoms with Crippen LogP contribution in [0.2, 0.25) is 0 Å². The Balaban J connectivity index is 3.28. The molecule has 64 valence electrons. The Morgan fingerprint density at radius 3 is 2.50 bits per heavy atom. The molecule has 0 radical (unpaired) electrons. The van der Waals surface area contributed by atoms with Crippen molar-refractivity contribution in [1.29, 1.82) is 0 Å². The number of aryl methyl sites for hydroxylation is 1. The number of nitrogens with zero attached hydrogens (tertiary/aromatic N) is 1. The summed E-state index contributed by atoms with van der Waals surface area (Å²) in [6, 6.07) is 1.92. The Labute approximate surface area is 73.4 Å². The van der Waals surface area contributed by atoms with Crippen LogP contribution in [-0.4, -0.2) is 12.8 Å². The van der Waals surface area contributed by atoms with E-state index in [4.69, 9.17) is 0 Å². The van der Waals surface area contributed by atoms with Gasteiger partial charge in [0.1, 0.15) is 0 Å². The van der Waals surface area contributed by atoms with E-state index >= 15 is 0 Å². The summed E-state index contributed by atoms with van der Waals surface area (Å²) < 4.78 is 13.3. The van der Waals surface area contributed by atoms with Gasteiger partial charge in [-0.15, -0.1) is 0 Å². The molecule has 12 heavy (non-hydrogen) atoms. The van der Waals surface area contributed by atoms with E-state index in [2.05, 4.69) is 4.98 Å². The maximum atomic E-state index is 13.3. The Kier molecular flexibility index (Phi) is 2.50. The molecule has 0 aliphatic carbocycles. The lowest BCUT2D eigenvalue weighted by Gasteiger charge is -2.10. The van der Waals surface area contributed by atoms with Crippen LogP contribution in [0.5, 0.6) is 0 Å². The first-order valence-corrected chi connectivity index (χ1v) is 4.16. The molecule has 0 bridgehead atoms. The van der Waals surface area contributed by atoms with Crippen molar-refractivity contribution in [3.63, 3.8) is 0 Å². The van der Waals surface area contributed by atoms with E-state index in [9.17, 15) is 4.39 Å². The number of rotatable bonds is 1. The highest BCUT2D eigenvalue weighted by Gasteiger charge is 2.10. The fourth-order valence-electron chi connectivity index (χ4n) is 1.49. The summed E-state index contributed by atoms with van der Waals surface area (Å²) in [6.45, 7) is 5.87. The molecule has 1 aromatic heterocycles. The minimum absolute atomic E-state index is 0.207. The van der Waals surface area contributed by atoms with Crippen molar-refractivity contribution in [2.45, 2.75) is 26.7 Å². The van der Waals surface area contributed by atoms with Crippen LogP contribution in [0.1, 0.15) is 30.9 Å². The molecule has 0 spiro atoms. The van der Waals surface area contributed by atoms with Crippen LogP contribution in [-0.2, 0) is 0 Å². The third kappa shape index (κ3) is 1.66. The molecule has 0 saturated heterocycles. The fraction of sp³-hybridized carbons (Fsp3) is 0.444. The first kappa shape index (κ1) is 9.23. The van der Waals surface area contributed by atoms with Gasteiger partial charge in [0.25, 0.3) is 0 Å². The maximum Gasteiger partial charge on any atom is 0.215 e. The summed E-state index contributed by atoms with van der Waals surface area (Å²) in [7, 11) is 1.81. The molecular formula is C9H13BFN. The van der Waals surface area contributed by atoms with Crippen LogP contribution >= 0.6 is 0 Å². The SMILES string of the molecule is Bc1cc(C)c(C(C)C)c(F)n1. The number of pyridine rings is 1. The predicted octanol–water partition coefficient (Wildman–Crippen LogP) is 0.911. The van der Waals surface area contributed by atoms with Gasteiger partial charge in [0.15, 0.2) is 7.85 Å². The molecule has 0 fully saturated rings. The van der Waals surface area contributed by atoms with Crippen LogP contribution in [0, 0.1) is 12.9 Å². The second-order valence-electron chi connectivity index (χ2n) is 3.44. The largest absolute Gasteiger partial charge is 0.236 e. The van der Waals surface area contributed by atoms with Gasteiger partial charge in [0, 0.05) is 5.56 Å². The van der Waals surface area contributed by atoms with Crippen LogP contribution < -0.4 is 5.59 Å². The fourth-order valence-corrected chi connectivity index (χ4v) is 1.49. The Bertz CT molecular complexity index is 274. The molecule has 1 nitrogen and oxygen atoms in total. The van der Waals surface area contributed by atoms with Crippen LogP contribution in [0.25, 0.3) is 0 Å². The molecule has 1 heterocycles. The zero-order valence-corrected chi connectivity index (χ0v) is 7.98. The molecule has 0 aliphatic heterocycles. The lowest BCUT2D eigenvalue weighted by Crippen LogP contribution is -2.14. The highest BCUT2D eigenvalue weighted by atomic mass is 19.1. The smallest absolute Gasteiger partial charge is 0.215 e. The van der Waals surface area contributed by atoms with E-state index in [-0.39, 0.29) is 11.9 Å². The second-order valence-corrected chi connectivity index (χ2v) is 3.44. The normalized spacial score (nSPS) is 10.8. The van der Waals surface area contributed by atoms with E-state index in [0.29, 0.717) is 0 Å². The molecule has 0 N–H and O–H groups in total. The number of aromatic nitrogens is 1. The van der Waals surface area contributed by atoms with Crippen LogP contribution in [0.4, 0.5) is 4.39 Å². The van der Waals surface area contributed by atoms with Gasteiger partial charge in [-0.2, -0.15) is 4.39 Å². The van der Waals surface area contributed by atoms with Gasteiger partial charge in [-0.1, -0.05) is 13.8 Å². The van der Waals surface area contributed by atoms with Gasteiger partial charge < -0.3 is 0 Å². The highest BCUT2D eigenvalue weighted by Crippen LogP contribution is 2.19. The van der Waals surface area contributed by atoms with Crippen molar-refractivity contribution in [2.75, 3.05) is 0 Å². The molecular weight excluding hydrogens is 152 g/mol. The first-order chi connectivity index (χ1) is 5.52. The Morgan fingerprint density at radius 2 is 2.08 bits per heavy atom. The first-order valence-electron chi connectivity index (χ1n) is 4.16. The summed E-state index contributed by atoms with van der Waals surface area (Å²) in [6.07, 6.45) is 0. The van der Waals surface area contributed by atoms with Gasteiger partial charge in [-0.25, -0.2) is 4.98 Å². The quantitative estimate of drug-likeness (QED) is 0.445. The van der Waals surface area contributed by atoms with Crippen LogP contribution in [0.3, 0.4) is 0 Å². The van der Waals surface area contributed by atoms with Gasteiger partial charge in [-0.3, -0.25) is 0 Å². The number of hydrogen-bond acceptors (Lipinski definition) is 1. The zero-order chi connectivity index (χ0) is 9.30. The lowest BCUT2D eigenvalue weighted by molar-refractivity contribution is 0.557. The maximum absolute atomic E-state index is 13.3. The van der Waals surface area contributed by atoms with Gasteiger partial charge in [0.2, 0.25) is 5.95 Å². The van der Waals surface area contributed by atoms with E-state index in [1.165, 1.54) is 0 Å². The van der Waals surface area contributed by atoms with E-state index in [1.807, 2.05) is 26.8 Å². The molecule has 0 saturated carbocycles. The molecule has 0 unspecified atom stereocenters. The summed E-state index contributed by atoms with van der Waals surface area (Å²) in [5.41, 5.74) is 2.48. The molecule has 0 aromatic carbocycles.